The Morgan fingerprint density at radius 2 is 1.67 bits per heavy atom. The lowest BCUT2D eigenvalue weighted by Gasteiger charge is -2.28. The average molecular weight is 547 g/mol. The first-order chi connectivity index (χ1) is 17.3. The van der Waals surface area contributed by atoms with E-state index in [1.165, 1.54) is 0 Å². The van der Waals surface area contributed by atoms with Gasteiger partial charge in [0, 0.05) is 17.3 Å². The molecule has 4 rings (SSSR count). The zero-order chi connectivity index (χ0) is 25.7. The van der Waals surface area contributed by atoms with Crippen molar-refractivity contribution in [3.8, 4) is 10.4 Å². The number of aromatic nitrogens is 1. The molecule has 2 aromatic heterocycles. The highest BCUT2D eigenvalue weighted by molar-refractivity contribution is 7.18. The average Bonchev–Trinajstić information content (AvgIpc) is 3.29. The van der Waals surface area contributed by atoms with Crippen LogP contribution in [0.3, 0.4) is 0 Å². The van der Waals surface area contributed by atoms with E-state index in [0.717, 1.165) is 49.0 Å². The van der Waals surface area contributed by atoms with Gasteiger partial charge in [-0.25, -0.2) is 9.59 Å². The minimum Gasteiger partial charge on any atom is -0.480 e. The fourth-order valence-electron chi connectivity index (χ4n) is 4.25. The van der Waals surface area contributed by atoms with E-state index in [0.29, 0.717) is 4.88 Å². The molecule has 0 unspecified atom stereocenters. The summed E-state index contributed by atoms with van der Waals surface area (Å²) in [5, 5.41) is 18.3. The lowest BCUT2D eigenvalue weighted by Crippen LogP contribution is -2.46. The van der Waals surface area contributed by atoms with E-state index in [-0.39, 0.29) is 32.2 Å². The molecule has 0 spiro atoms. The van der Waals surface area contributed by atoms with Crippen LogP contribution in [-0.2, 0) is 4.79 Å². The van der Waals surface area contributed by atoms with Crippen LogP contribution in [0.2, 0.25) is 10.0 Å². The molecule has 0 aliphatic heterocycles. The number of aliphatic carboxylic acids is 1. The maximum atomic E-state index is 13.3. The van der Waals surface area contributed by atoms with E-state index in [1.807, 2.05) is 0 Å². The molecule has 2 heterocycles. The van der Waals surface area contributed by atoms with Gasteiger partial charge in [0.25, 0.3) is 5.91 Å². The Kier molecular flexibility index (Phi) is 8.45. The molecule has 3 aromatic rings. The van der Waals surface area contributed by atoms with Gasteiger partial charge in [0.15, 0.2) is 0 Å². The molecule has 1 aromatic carbocycles. The number of urea groups is 1. The summed E-state index contributed by atoms with van der Waals surface area (Å²) in [5.74, 6) is -1.77. The summed E-state index contributed by atoms with van der Waals surface area (Å²) >= 11 is 13.5. The van der Waals surface area contributed by atoms with Crippen LogP contribution < -0.4 is 16.0 Å². The van der Waals surface area contributed by atoms with Gasteiger partial charge >= 0.3 is 12.0 Å². The van der Waals surface area contributed by atoms with Crippen LogP contribution in [0.25, 0.3) is 10.4 Å². The van der Waals surface area contributed by atoms with Crippen molar-refractivity contribution < 1.29 is 19.5 Å². The van der Waals surface area contributed by atoms with Gasteiger partial charge in [0.1, 0.15) is 10.9 Å². The third-order valence-electron chi connectivity index (χ3n) is 6.03. The monoisotopic (exact) mass is 546 g/mol. The summed E-state index contributed by atoms with van der Waals surface area (Å²) in [6.07, 6.45) is 7.68. The molecule has 1 atom stereocenters. The third-order valence-corrected chi connectivity index (χ3v) is 7.84. The molecule has 36 heavy (non-hydrogen) atoms. The standard InChI is InChI=1S/C25H24Cl2N4O4S/c26-16-7-4-8-17(27)21(16)31-25(35)29-18-13-19(14-9-11-28-12-10-14)36-22(18)23(32)30-20(24(33)34)15-5-2-1-3-6-15/h4,7-13,15,20H,1-3,5-6H2,(H,30,32)(H,33,34)(H2,29,31,35)/t20-/m0/s1. The summed E-state index contributed by atoms with van der Waals surface area (Å²) in [6.45, 7) is 0. The molecule has 0 bridgehead atoms. The van der Waals surface area contributed by atoms with Crippen molar-refractivity contribution in [1.29, 1.82) is 0 Å². The zero-order valence-corrected chi connectivity index (χ0v) is 21.4. The van der Waals surface area contributed by atoms with Crippen molar-refractivity contribution in [3.63, 3.8) is 0 Å². The lowest BCUT2D eigenvalue weighted by molar-refractivity contribution is -0.141. The predicted molar refractivity (Wildman–Crippen MR) is 142 cm³/mol. The Bertz CT molecular complexity index is 1240. The second kappa shape index (κ2) is 11.7. The topological polar surface area (TPSA) is 120 Å². The minimum atomic E-state index is -1.07. The van der Waals surface area contributed by atoms with Crippen molar-refractivity contribution in [2.75, 3.05) is 10.6 Å². The molecular formula is C25H24Cl2N4O4S. The highest BCUT2D eigenvalue weighted by Crippen LogP contribution is 2.36. The van der Waals surface area contributed by atoms with Gasteiger partial charge in [0.2, 0.25) is 0 Å². The molecule has 8 nitrogen and oxygen atoms in total. The molecule has 1 fully saturated rings. The second-order valence-electron chi connectivity index (χ2n) is 8.45. The Labute approximate surface area is 222 Å². The highest BCUT2D eigenvalue weighted by atomic mass is 35.5. The van der Waals surface area contributed by atoms with E-state index >= 15 is 0 Å². The first kappa shape index (κ1) is 25.9. The van der Waals surface area contributed by atoms with Gasteiger partial charge in [-0.05, 0) is 54.7 Å². The molecule has 1 aliphatic carbocycles. The first-order valence-corrected chi connectivity index (χ1v) is 13.0. The van der Waals surface area contributed by atoms with Crippen LogP contribution in [0.1, 0.15) is 41.8 Å². The number of para-hydroxylation sites is 1. The van der Waals surface area contributed by atoms with Crippen LogP contribution in [-0.4, -0.2) is 34.0 Å². The van der Waals surface area contributed by atoms with E-state index in [1.54, 1.807) is 48.8 Å². The van der Waals surface area contributed by atoms with Gasteiger partial charge < -0.3 is 21.1 Å². The molecule has 4 N–H and O–H groups in total. The Balaban J connectivity index is 1.61. The van der Waals surface area contributed by atoms with Crippen LogP contribution >= 0.6 is 34.5 Å². The van der Waals surface area contributed by atoms with Crippen LogP contribution in [0.5, 0.6) is 0 Å². The number of nitrogens with one attached hydrogen (secondary N) is 3. The number of hydrogen-bond acceptors (Lipinski definition) is 5. The maximum absolute atomic E-state index is 13.3. The number of carboxylic acids is 1. The maximum Gasteiger partial charge on any atom is 0.326 e. The third kappa shape index (κ3) is 6.16. The number of pyridine rings is 1. The Hall–Kier alpha value is -3.14. The van der Waals surface area contributed by atoms with Gasteiger partial charge in [0.05, 0.1) is 21.4 Å². The quantitative estimate of drug-likeness (QED) is 0.268. The Morgan fingerprint density at radius 3 is 2.31 bits per heavy atom. The van der Waals surface area contributed by atoms with Crippen molar-refractivity contribution in [2.24, 2.45) is 5.92 Å². The van der Waals surface area contributed by atoms with E-state index in [2.05, 4.69) is 20.9 Å². The number of benzene rings is 1. The minimum absolute atomic E-state index is 0.137. The number of anilines is 2. The van der Waals surface area contributed by atoms with Crippen LogP contribution in [0.15, 0.2) is 48.8 Å². The van der Waals surface area contributed by atoms with Gasteiger partial charge in [-0.1, -0.05) is 48.5 Å². The summed E-state index contributed by atoms with van der Waals surface area (Å²) in [5.41, 5.74) is 1.27. The van der Waals surface area contributed by atoms with E-state index < -0.39 is 23.9 Å². The number of carbonyl (C=O) groups excluding carboxylic acids is 2. The normalized spacial score (nSPS) is 14.6. The van der Waals surface area contributed by atoms with Gasteiger partial charge in [-0.2, -0.15) is 0 Å². The van der Waals surface area contributed by atoms with Gasteiger partial charge in [-0.3, -0.25) is 9.78 Å². The zero-order valence-electron chi connectivity index (χ0n) is 19.1. The fourth-order valence-corrected chi connectivity index (χ4v) is 5.76. The first-order valence-electron chi connectivity index (χ1n) is 11.4. The molecule has 1 aliphatic rings. The highest BCUT2D eigenvalue weighted by Gasteiger charge is 2.32. The van der Waals surface area contributed by atoms with Crippen molar-refractivity contribution in [3.05, 3.63) is 63.7 Å². The summed E-state index contributed by atoms with van der Waals surface area (Å²) < 4.78 is 0. The molecule has 3 amide bonds. The number of thiophene rings is 1. The predicted octanol–water partition coefficient (Wildman–Crippen LogP) is 6.52. The van der Waals surface area contributed by atoms with Crippen molar-refractivity contribution >= 4 is 63.8 Å². The van der Waals surface area contributed by atoms with Gasteiger partial charge in [-0.15, -0.1) is 11.3 Å². The second-order valence-corrected chi connectivity index (χ2v) is 10.3. The van der Waals surface area contributed by atoms with Crippen LogP contribution in [0.4, 0.5) is 16.2 Å². The number of halogens is 2. The Morgan fingerprint density at radius 1 is 1.00 bits per heavy atom. The van der Waals surface area contributed by atoms with E-state index in [4.69, 9.17) is 23.2 Å². The summed E-state index contributed by atoms with van der Waals surface area (Å²) in [6, 6.07) is 8.40. The van der Waals surface area contributed by atoms with E-state index in [9.17, 15) is 19.5 Å². The number of rotatable bonds is 7. The number of nitrogens with zero attached hydrogens (tertiary/aromatic N) is 1. The molecule has 1 saturated carbocycles. The number of carboxylic acid groups (broad SMARTS) is 1. The van der Waals surface area contributed by atoms with Crippen molar-refractivity contribution in [1.82, 2.24) is 10.3 Å². The summed E-state index contributed by atoms with van der Waals surface area (Å²) in [7, 11) is 0. The molecule has 188 valence electrons. The fraction of sp³-hybridized carbons (Fsp3) is 0.280. The summed E-state index contributed by atoms with van der Waals surface area (Å²) in [4.78, 5) is 43.0. The number of amides is 3. The largest absolute Gasteiger partial charge is 0.480 e. The van der Waals surface area contributed by atoms with Crippen LogP contribution in [0, 0.1) is 5.92 Å². The molecular weight excluding hydrogens is 523 g/mol. The lowest BCUT2D eigenvalue weighted by atomic mass is 9.84. The smallest absolute Gasteiger partial charge is 0.326 e. The molecule has 0 saturated heterocycles. The van der Waals surface area contributed by atoms with Crippen molar-refractivity contribution in [2.45, 2.75) is 38.1 Å². The number of hydrogen-bond donors (Lipinski definition) is 4. The SMILES string of the molecule is O=C(Nc1cc(-c2ccncc2)sc1C(=O)N[C@H](C(=O)O)C1CCCCC1)Nc1c(Cl)cccc1Cl. The molecule has 0 radical (unpaired) electrons. The molecule has 11 heteroatoms. The number of carbonyl (C=O) groups is 3.